The average Bonchev–Trinajstić information content (AvgIpc) is 2.83. The Hall–Kier alpha value is -1.53. The maximum absolute atomic E-state index is 13.0. The van der Waals surface area contributed by atoms with Gasteiger partial charge in [0.25, 0.3) is 0 Å². The number of pyridine rings is 1. The number of likely N-dealkylation sites (N-methyl/N-ethyl adjacent to an activating group) is 1. The molecule has 1 fully saturated rings. The van der Waals surface area contributed by atoms with Crippen LogP contribution >= 0.6 is 0 Å². The smallest absolute Gasteiger partial charge is 0.234 e. The highest BCUT2D eigenvalue weighted by Gasteiger charge is 2.23. The van der Waals surface area contributed by atoms with Crippen LogP contribution in [-0.2, 0) is 11.3 Å². The highest BCUT2D eigenvalue weighted by molar-refractivity contribution is 5.78. The van der Waals surface area contributed by atoms with Gasteiger partial charge in [-0.3, -0.25) is 14.7 Å². The van der Waals surface area contributed by atoms with E-state index >= 15 is 0 Å². The van der Waals surface area contributed by atoms with E-state index in [1.54, 1.807) is 12.4 Å². The van der Waals surface area contributed by atoms with Crippen molar-refractivity contribution in [1.82, 2.24) is 20.5 Å². The molecule has 2 rings (SSSR count). The summed E-state index contributed by atoms with van der Waals surface area (Å²) >= 11 is 0. The molecule has 20 heavy (non-hydrogen) atoms. The van der Waals surface area contributed by atoms with Crippen molar-refractivity contribution in [3.8, 4) is 0 Å². The van der Waals surface area contributed by atoms with E-state index in [0.717, 1.165) is 5.56 Å². The molecule has 1 aromatic rings. The Bertz CT molecular complexity index is 428. The Morgan fingerprint density at radius 2 is 2.30 bits per heavy atom. The molecule has 1 amide bonds. The van der Waals surface area contributed by atoms with Crippen LogP contribution in [0, 0.1) is 0 Å². The number of carbonyl (C=O) groups is 1. The van der Waals surface area contributed by atoms with Gasteiger partial charge in [-0.1, -0.05) is 0 Å². The highest BCUT2D eigenvalue weighted by Crippen LogP contribution is 2.08. The summed E-state index contributed by atoms with van der Waals surface area (Å²) in [5, 5.41) is 5.88. The number of aromatic nitrogens is 1. The molecule has 2 heterocycles. The first-order chi connectivity index (χ1) is 9.63. The van der Waals surface area contributed by atoms with Gasteiger partial charge in [0, 0.05) is 38.1 Å². The van der Waals surface area contributed by atoms with E-state index in [4.69, 9.17) is 0 Å². The van der Waals surface area contributed by atoms with Gasteiger partial charge in [0.15, 0.2) is 0 Å². The lowest BCUT2D eigenvalue weighted by molar-refractivity contribution is -0.122. The van der Waals surface area contributed by atoms with E-state index < -0.39 is 6.17 Å². The van der Waals surface area contributed by atoms with Gasteiger partial charge in [0.2, 0.25) is 5.91 Å². The Labute approximate surface area is 118 Å². The first-order valence-corrected chi connectivity index (χ1v) is 6.85. The van der Waals surface area contributed by atoms with Crippen LogP contribution in [0.2, 0.25) is 0 Å². The van der Waals surface area contributed by atoms with E-state index in [1.807, 2.05) is 24.1 Å². The second-order valence-corrected chi connectivity index (χ2v) is 5.27. The number of rotatable bonds is 6. The zero-order valence-corrected chi connectivity index (χ0v) is 11.7. The van der Waals surface area contributed by atoms with Gasteiger partial charge < -0.3 is 10.6 Å². The van der Waals surface area contributed by atoms with Crippen molar-refractivity contribution < 1.29 is 9.18 Å². The van der Waals surface area contributed by atoms with Gasteiger partial charge in [-0.2, -0.15) is 0 Å². The number of hydrogen-bond acceptors (Lipinski definition) is 4. The standard InChI is InChI=1S/C14H21FN4O/c1-19(9-11-2-4-16-5-3-11)10-14(20)18-8-13-6-12(15)7-17-13/h2-5,12-13,17H,6-10H2,1H3,(H,18,20)/t12-,13-/m0/s1. The molecule has 0 unspecified atom stereocenters. The van der Waals surface area contributed by atoms with Crippen molar-refractivity contribution in [3.05, 3.63) is 30.1 Å². The lowest BCUT2D eigenvalue weighted by Gasteiger charge is -2.17. The number of hydrogen-bond donors (Lipinski definition) is 2. The summed E-state index contributed by atoms with van der Waals surface area (Å²) in [5.74, 6) is -0.0364. The number of carbonyl (C=O) groups excluding carboxylic acids is 1. The molecule has 2 atom stereocenters. The number of alkyl halides is 1. The fourth-order valence-corrected chi connectivity index (χ4v) is 2.32. The van der Waals surface area contributed by atoms with Crippen molar-refractivity contribution >= 4 is 5.91 Å². The molecule has 0 aromatic carbocycles. The molecule has 0 saturated carbocycles. The summed E-state index contributed by atoms with van der Waals surface area (Å²) in [5.41, 5.74) is 1.12. The summed E-state index contributed by atoms with van der Waals surface area (Å²) in [6, 6.07) is 3.91. The van der Waals surface area contributed by atoms with Gasteiger partial charge in [-0.15, -0.1) is 0 Å². The third-order valence-corrected chi connectivity index (χ3v) is 3.33. The zero-order chi connectivity index (χ0) is 14.4. The van der Waals surface area contributed by atoms with Crippen LogP contribution in [0.4, 0.5) is 4.39 Å². The number of amides is 1. The van der Waals surface area contributed by atoms with Crippen molar-refractivity contribution in [2.45, 2.75) is 25.2 Å². The molecule has 6 heteroatoms. The predicted octanol–water partition coefficient (Wildman–Crippen LogP) is 0.330. The normalized spacial score (nSPS) is 22.1. The van der Waals surface area contributed by atoms with E-state index in [9.17, 15) is 9.18 Å². The minimum atomic E-state index is -0.786. The molecule has 1 aromatic heterocycles. The molecular formula is C14H21FN4O. The minimum Gasteiger partial charge on any atom is -0.353 e. The fourth-order valence-electron chi connectivity index (χ4n) is 2.32. The molecule has 0 bridgehead atoms. The van der Waals surface area contributed by atoms with Crippen molar-refractivity contribution in [2.75, 3.05) is 26.7 Å². The quantitative estimate of drug-likeness (QED) is 0.788. The first-order valence-electron chi connectivity index (χ1n) is 6.85. The van der Waals surface area contributed by atoms with E-state index in [-0.39, 0.29) is 11.9 Å². The minimum absolute atomic E-state index is 0.0364. The summed E-state index contributed by atoms with van der Waals surface area (Å²) in [6.45, 7) is 1.91. The monoisotopic (exact) mass is 280 g/mol. The molecular weight excluding hydrogens is 259 g/mol. The van der Waals surface area contributed by atoms with Gasteiger partial charge in [0.1, 0.15) is 6.17 Å². The number of halogens is 1. The predicted molar refractivity (Wildman–Crippen MR) is 74.9 cm³/mol. The SMILES string of the molecule is CN(CC(=O)NC[C@@H]1C[C@H](F)CN1)Cc1ccncc1. The average molecular weight is 280 g/mol. The van der Waals surface area contributed by atoms with Crippen LogP contribution in [0.3, 0.4) is 0 Å². The van der Waals surface area contributed by atoms with Crippen LogP contribution in [-0.4, -0.2) is 54.7 Å². The Morgan fingerprint density at radius 1 is 1.55 bits per heavy atom. The van der Waals surface area contributed by atoms with Crippen LogP contribution < -0.4 is 10.6 Å². The summed E-state index contributed by atoms with van der Waals surface area (Å²) in [4.78, 5) is 17.7. The molecule has 2 N–H and O–H groups in total. The molecule has 0 spiro atoms. The summed E-state index contributed by atoms with van der Waals surface area (Å²) < 4.78 is 13.0. The first kappa shape index (κ1) is 14.9. The van der Waals surface area contributed by atoms with E-state index in [0.29, 0.717) is 32.6 Å². The van der Waals surface area contributed by atoms with Gasteiger partial charge in [-0.05, 0) is 31.2 Å². The van der Waals surface area contributed by atoms with Crippen molar-refractivity contribution in [2.24, 2.45) is 0 Å². The third-order valence-electron chi connectivity index (χ3n) is 3.33. The van der Waals surface area contributed by atoms with E-state index in [1.165, 1.54) is 0 Å². The zero-order valence-electron chi connectivity index (χ0n) is 11.7. The number of nitrogens with one attached hydrogen (secondary N) is 2. The van der Waals surface area contributed by atoms with Gasteiger partial charge in [-0.25, -0.2) is 4.39 Å². The molecule has 1 aliphatic rings. The fraction of sp³-hybridized carbons (Fsp3) is 0.571. The Balaban J connectivity index is 1.66. The summed E-state index contributed by atoms with van der Waals surface area (Å²) in [6.07, 6.45) is 3.17. The molecule has 0 aliphatic carbocycles. The lowest BCUT2D eigenvalue weighted by atomic mass is 10.2. The molecule has 1 saturated heterocycles. The molecule has 110 valence electrons. The van der Waals surface area contributed by atoms with Gasteiger partial charge in [0.05, 0.1) is 6.54 Å². The molecule has 5 nitrogen and oxygen atoms in total. The third kappa shape index (κ3) is 4.86. The number of nitrogens with zero attached hydrogens (tertiary/aromatic N) is 2. The maximum Gasteiger partial charge on any atom is 0.234 e. The lowest BCUT2D eigenvalue weighted by Crippen LogP contribution is -2.41. The topological polar surface area (TPSA) is 57.3 Å². The van der Waals surface area contributed by atoms with Gasteiger partial charge >= 0.3 is 0 Å². The Morgan fingerprint density at radius 3 is 2.95 bits per heavy atom. The van der Waals surface area contributed by atoms with Crippen molar-refractivity contribution in [1.29, 1.82) is 0 Å². The molecule has 0 radical (unpaired) electrons. The van der Waals surface area contributed by atoms with Crippen LogP contribution in [0.15, 0.2) is 24.5 Å². The maximum atomic E-state index is 13.0. The van der Waals surface area contributed by atoms with Crippen LogP contribution in [0.25, 0.3) is 0 Å². The van der Waals surface area contributed by atoms with Crippen LogP contribution in [0.1, 0.15) is 12.0 Å². The largest absolute Gasteiger partial charge is 0.353 e. The highest BCUT2D eigenvalue weighted by atomic mass is 19.1. The molecule has 1 aliphatic heterocycles. The van der Waals surface area contributed by atoms with Crippen molar-refractivity contribution in [3.63, 3.8) is 0 Å². The summed E-state index contributed by atoms with van der Waals surface area (Å²) in [7, 11) is 1.89. The van der Waals surface area contributed by atoms with E-state index in [2.05, 4.69) is 15.6 Å². The Kier molecular flexibility index (Phi) is 5.43. The second-order valence-electron chi connectivity index (χ2n) is 5.27. The second kappa shape index (κ2) is 7.31. The van der Waals surface area contributed by atoms with Crippen LogP contribution in [0.5, 0.6) is 0 Å².